The summed E-state index contributed by atoms with van der Waals surface area (Å²) in [5.74, 6) is 0. The SMILES string of the molecule is OCc1nc(-c2ccc(Br)cc2)cs1. The molecule has 72 valence electrons. The number of aliphatic hydroxyl groups excluding tert-OH is 1. The Morgan fingerprint density at radius 1 is 1.29 bits per heavy atom. The minimum atomic E-state index is 0.0151. The molecule has 2 aromatic rings. The van der Waals surface area contributed by atoms with Crippen LogP contribution in [0, 0.1) is 0 Å². The Morgan fingerprint density at radius 3 is 2.57 bits per heavy atom. The lowest BCUT2D eigenvalue weighted by atomic mass is 10.2. The fourth-order valence-electron chi connectivity index (χ4n) is 1.14. The van der Waals surface area contributed by atoms with Crippen LogP contribution in [0.4, 0.5) is 0 Å². The highest BCUT2D eigenvalue weighted by Gasteiger charge is 2.02. The molecule has 0 aliphatic rings. The number of aliphatic hydroxyl groups is 1. The molecule has 1 aromatic heterocycles. The molecule has 2 rings (SSSR count). The van der Waals surface area contributed by atoms with Crippen molar-refractivity contribution in [1.29, 1.82) is 0 Å². The molecule has 0 bridgehead atoms. The van der Waals surface area contributed by atoms with Crippen molar-refractivity contribution in [2.24, 2.45) is 0 Å². The summed E-state index contributed by atoms with van der Waals surface area (Å²) in [5.41, 5.74) is 2.00. The Labute approximate surface area is 94.4 Å². The van der Waals surface area contributed by atoms with Gasteiger partial charge in [-0.15, -0.1) is 11.3 Å². The Kier molecular flexibility index (Phi) is 2.96. The van der Waals surface area contributed by atoms with Gasteiger partial charge in [-0.05, 0) is 12.1 Å². The van der Waals surface area contributed by atoms with Crippen molar-refractivity contribution >= 4 is 27.3 Å². The van der Waals surface area contributed by atoms with Crippen LogP contribution < -0.4 is 0 Å². The number of halogens is 1. The minimum absolute atomic E-state index is 0.0151. The summed E-state index contributed by atoms with van der Waals surface area (Å²) in [7, 11) is 0. The summed E-state index contributed by atoms with van der Waals surface area (Å²) in [5, 5.41) is 11.6. The van der Waals surface area contributed by atoms with Crippen LogP contribution in [0.1, 0.15) is 5.01 Å². The molecule has 0 aliphatic heterocycles. The van der Waals surface area contributed by atoms with Gasteiger partial charge in [-0.3, -0.25) is 0 Å². The average Bonchev–Trinajstić information content (AvgIpc) is 2.67. The van der Waals surface area contributed by atoms with Crippen LogP contribution in [0.3, 0.4) is 0 Å². The minimum Gasteiger partial charge on any atom is -0.389 e. The Balaban J connectivity index is 2.34. The topological polar surface area (TPSA) is 33.1 Å². The number of aromatic nitrogens is 1. The lowest BCUT2D eigenvalue weighted by molar-refractivity contribution is 0.281. The van der Waals surface area contributed by atoms with Crippen molar-refractivity contribution in [3.05, 3.63) is 39.1 Å². The predicted octanol–water partition coefficient (Wildman–Crippen LogP) is 3.06. The molecule has 0 unspecified atom stereocenters. The largest absolute Gasteiger partial charge is 0.389 e. The number of nitrogens with zero attached hydrogens (tertiary/aromatic N) is 1. The highest BCUT2D eigenvalue weighted by molar-refractivity contribution is 9.10. The van der Waals surface area contributed by atoms with E-state index in [0.29, 0.717) is 0 Å². The number of hydrogen-bond donors (Lipinski definition) is 1. The molecule has 1 heterocycles. The average molecular weight is 270 g/mol. The number of benzene rings is 1. The van der Waals surface area contributed by atoms with Crippen LogP contribution in [-0.2, 0) is 6.61 Å². The van der Waals surface area contributed by atoms with Crippen molar-refractivity contribution in [1.82, 2.24) is 4.98 Å². The summed E-state index contributed by atoms with van der Waals surface area (Å²) in [6.45, 7) is 0.0151. The summed E-state index contributed by atoms with van der Waals surface area (Å²) in [4.78, 5) is 4.28. The Morgan fingerprint density at radius 2 is 2.00 bits per heavy atom. The first-order valence-corrected chi connectivity index (χ1v) is 5.78. The zero-order valence-corrected chi connectivity index (χ0v) is 9.68. The lowest BCUT2D eigenvalue weighted by Gasteiger charge is -1.95. The van der Waals surface area contributed by atoms with E-state index in [9.17, 15) is 0 Å². The molecule has 0 radical (unpaired) electrons. The maximum Gasteiger partial charge on any atom is 0.119 e. The van der Waals surface area contributed by atoms with Gasteiger partial charge in [-0.1, -0.05) is 28.1 Å². The summed E-state index contributed by atoms with van der Waals surface area (Å²) in [6, 6.07) is 7.96. The van der Waals surface area contributed by atoms with E-state index in [-0.39, 0.29) is 6.61 Å². The molecule has 1 N–H and O–H groups in total. The highest BCUT2D eigenvalue weighted by Crippen LogP contribution is 2.23. The van der Waals surface area contributed by atoms with E-state index in [4.69, 9.17) is 5.11 Å². The maximum atomic E-state index is 8.88. The van der Waals surface area contributed by atoms with Gasteiger partial charge in [-0.2, -0.15) is 0 Å². The van der Waals surface area contributed by atoms with Gasteiger partial charge in [0.2, 0.25) is 0 Å². The van der Waals surface area contributed by atoms with Gasteiger partial charge in [0.05, 0.1) is 12.3 Å². The van der Waals surface area contributed by atoms with Crippen molar-refractivity contribution < 1.29 is 5.11 Å². The molecule has 4 heteroatoms. The number of thiazole rings is 1. The van der Waals surface area contributed by atoms with E-state index < -0.39 is 0 Å². The molecule has 0 atom stereocenters. The van der Waals surface area contributed by atoms with Crippen LogP contribution in [0.25, 0.3) is 11.3 Å². The molecular weight excluding hydrogens is 262 g/mol. The molecule has 2 nitrogen and oxygen atoms in total. The smallest absolute Gasteiger partial charge is 0.119 e. The molecule has 0 fully saturated rings. The first kappa shape index (κ1) is 9.83. The molecule has 14 heavy (non-hydrogen) atoms. The fraction of sp³-hybridized carbons (Fsp3) is 0.100. The third kappa shape index (κ3) is 2.03. The standard InChI is InChI=1S/C10H8BrNOS/c11-8-3-1-7(2-4-8)9-6-14-10(5-13)12-9/h1-4,6,13H,5H2. The summed E-state index contributed by atoms with van der Waals surface area (Å²) < 4.78 is 1.05. The van der Waals surface area contributed by atoms with E-state index in [1.54, 1.807) is 0 Å². The second kappa shape index (κ2) is 4.21. The van der Waals surface area contributed by atoms with Gasteiger partial charge >= 0.3 is 0 Å². The van der Waals surface area contributed by atoms with Gasteiger partial charge in [0.25, 0.3) is 0 Å². The van der Waals surface area contributed by atoms with Gasteiger partial charge in [-0.25, -0.2) is 4.98 Å². The zero-order valence-electron chi connectivity index (χ0n) is 7.27. The van der Waals surface area contributed by atoms with Gasteiger partial charge in [0.1, 0.15) is 5.01 Å². The molecule has 0 aliphatic carbocycles. The summed E-state index contributed by atoms with van der Waals surface area (Å²) >= 11 is 4.85. The molecule has 0 saturated carbocycles. The second-order valence-corrected chi connectivity index (χ2v) is 4.65. The number of rotatable bonds is 2. The quantitative estimate of drug-likeness (QED) is 0.909. The van der Waals surface area contributed by atoms with E-state index in [0.717, 1.165) is 20.7 Å². The Hall–Kier alpha value is -0.710. The normalized spacial score (nSPS) is 10.4. The third-order valence-electron chi connectivity index (χ3n) is 1.83. The Bertz CT molecular complexity index is 424. The van der Waals surface area contributed by atoms with Crippen LogP contribution in [0.2, 0.25) is 0 Å². The van der Waals surface area contributed by atoms with Gasteiger partial charge < -0.3 is 5.11 Å². The molecule has 0 spiro atoms. The van der Waals surface area contributed by atoms with Gasteiger partial charge in [0, 0.05) is 15.4 Å². The second-order valence-electron chi connectivity index (χ2n) is 2.79. The highest BCUT2D eigenvalue weighted by atomic mass is 79.9. The zero-order chi connectivity index (χ0) is 9.97. The fourth-order valence-corrected chi connectivity index (χ4v) is 2.06. The van der Waals surface area contributed by atoms with Crippen LogP contribution in [0.5, 0.6) is 0 Å². The van der Waals surface area contributed by atoms with Gasteiger partial charge in [0.15, 0.2) is 0 Å². The van der Waals surface area contributed by atoms with E-state index in [2.05, 4.69) is 20.9 Å². The van der Waals surface area contributed by atoms with E-state index in [1.165, 1.54) is 11.3 Å². The first-order valence-electron chi connectivity index (χ1n) is 4.11. The molecular formula is C10H8BrNOS. The monoisotopic (exact) mass is 269 g/mol. The van der Waals surface area contributed by atoms with Crippen LogP contribution >= 0.6 is 27.3 Å². The van der Waals surface area contributed by atoms with E-state index >= 15 is 0 Å². The predicted molar refractivity (Wildman–Crippen MR) is 61.2 cm³/mol. The molecule has 0 saturated heterocycles. The summed E-state index contributed by atoms with van der Waals surface area (Å²) in [6.07, 6.45) is 0. The lowest BCUT2D eigenvalue weighted by Crippen LogP contribution is -1.81. The van der Waals surface area contributed by atoms with Crippen molar-refractivity contribution in [2.45, 2.75) is 6.61 Å². The van der Waals surface area contributed by atoms with Crippen molar-refractivity contribution in [2.75, 3.05) is 0 Å². The molecule has 1 aromatic carbocycles. The molecule has 0 amide bonds. The van der Waals surface area contributed by atoms with Crippen molar-refractivity contribution in [3.63, 3.8) is 0 Å². The maximum absolute atomic E-state index is 8.88. The number of hydrogen-bond acceptors (Lipinski definition) is 3. The van der Waals surface area contributed by atoms with Crippen LogP contribution in [-0.4, -0.2) is 10.1 Å². The third-order valence-corrected chi connectivity index (χ3v) is 3.19. The van der Waals surface area contributed by atoms with E-state index in [1.807, 2.05) is 29.6 Å². The first-order chi connectivity index (χ1) is 6.79. The van der Waals surface area contributed by atoms with Crippen molar-refractivity contribution in [3.8, 4) is 11.3 Å². The van der Waals surface area contributed by atoms with Crippen LogP contribution in [0.15, 0.2) is 34.1 Å².